The minimum atomic E-state index is -1.69. The molecule has 9 atom stereocenters. The summed E-state index contributed by atoms with van der Waals surface area (Å²) in [5, 5.41) is 66.2. The minimum absolute atomic E-state index is 0.249. The van der Waals surface area contributed by atoms with Crippen LogP contribution in [-0.4, -0.2) is 104 Å². The molecule has 124 valence electrons. The molecule has 21 heavy (non-hydrogen) atoms. The standard InChI is InChI=1S/C11H20O10/c12-3-1-19-11(9(17)5(3)13)20-2-4-6(14)7(15)8(16)10(18)21-4/h3-18H,1-2H2/t3-,4+,5-,6+,7-,8+,9+,10+,11+/m0/s1. The molecule has 0 aromatic heterocycles. The molecule has 2 aliphatic rings. The van der Waals surface area contributed by atoms with Crippen LogP contribution in [0.15, 0.2) is 0 Å². The Morgan fingerprint density at radius 3 is 2.14 bits per heavy atom. The Morgan fingerprint density at radius 1 is 0.810 bits per heavy atom. The summed E-state index contributed by atoms with van der Waals surface area (Å²) in [7, 11) is 0. The molecular formula is C11H20O10. The summed E-state index contributed by atoms with van der Waals surface area (Å²) in [4.78, 5) is 0. The number of aliphatic hydroxyl groups is 7. The fraction of sp³-hybridized carbons (Fsp3) is 1.00. The van der Waals surface area contributed by atoms with E-state index in [1.807, 2.05) is 0 Å². The highest BCUT2D eigenvalue weighted by atomic mass is 16.7. The highest BCUT2D eigenvalue weighted by Gasteiger charge is 2.44. The van der Waals surface area contributed by atoms with Gasteiger partial charge in [-0.3, -0.25) is 0 Å². The van der Waals surface area contributed by atoms with Gasteiger partial charge in [0.15, 0.2) is 12.6 Å². The zero-order valence-corrected chi connectivity index (χ0v) is 11.0. The Balaban J connectivity index is 1.88. The van der Waals surface area contributed by atoms with Crippen LogP contribution < -0.4 is 0 Å². The van der Waals surface area contributed by atoms with Gasteiger partial charge in [-0.2, -0.15) is 0 Å². The quantitative estimate of drug-likeness (QED) is 0.268. The molecule has 0 amide bonds. The van der Waals surface area contributed by atoms with Crippen molar-refractivity contribution in [1.29, 1.82) is 0 Å². The topological polar surface area (TPSA) is 169 Å². The second kappa shape index (κ2) is 6.79. The van der Waals surface area contributed by atoms with Gasteiger partial charge < -0.3 is 50.0 Å². The van der Waals surface area contributed by atoms with Gasteiger partial charge in [0.1, 0.15) is 42.7 Å². The number of rotatable bonds is 3. The minimum Gasteiger partial charge on any atom is -0.388 e. The first-order chi connectivity index (χ1) is 9.82. The van der Waals surface area contributed by atoms with Gasteiger partial charge in [-0.05, 0) is 0 Å². The SMILES string of the molecule is O[C@@H]1[C@@H](O)[C@H](O)O[C@H](CO[C@H]2OC[C@H](O)[C@H](O)[C@H]2O)[C@H]1O. The van der Waals surface area contributed by atoms with Gasteiger partial charge in [-0.15, -0.1) is 0 Å². The average Bonchev–Trinajstić information content (AvgIpc) is 2.46. The van der Waals surface area contributed by atoms with E-state index < -0.39 is 55.3 Å². The molecule has 10 heteroatoms. The van der Waals surface area contributed by atoms with E-state index >= 15 is 0 Å². The van der Waals surface area contributed by atoms with E-state index in [2.05, 4.69) is 0 Å². The van der Waals surface area contributed by atoms with E-state index in [9.17, 15) is 35.7 Å². The van der Waals surface area contributed by atoms with Crippen LogP contribution in [0.1, 0.15) is 0 Å². The molecule has 0 unspecified atom stereocenters. The van der Waals surface area contributed by atoms with Crippen LogP contribution in [0, 0.1) is 0 Å². The summed E-state index contributed by atoms with van der Waals surface area (Å²) < 4.78 is 15.0. The molecule has 7 N–H and O–H groups in total. The fourth-order valence-corrected chi connectivity index (χ4v) is 2.18. The number of hydrogen-bond donors (Lipinski definition) is 7. The van der Waals surface area contributed by atoms with E-state index in [1.54, 1.807) is 0 Å². The highest BCUT2D eigenvalue weighted by molar-refractivity contribution is 4.89. The van der Waals surface area contributed by atoms with Crippen LogP contribution in [0.3, 0.4) is 0 Å². The van der Waals surface area contributed by atoms with Crippen molar-refractivity contribution >= 4 is 0 Å². The lowest BCUT2D eigenvalue weighted by atomic mass is 9.99. The fourth-order valence-electron chi connectivity index (χ4n) is 2.18. The molecule has 0 aromatic rings. The summed E-state index contributed by atoms with van der Waals surface area (Å²) in [6.45, 7) is -0.631. The third-order valence-electron chi connectivity index (χ3n) is 3.57. The van der Waals surface area contributed by atoms with E-state index in [0.29, 0.717) is 0 Å². The summed E-state index contributed by atoms with van der Waals surface area (Å²) in [6.07, 6.45) is -13.1. The normalized spacial score (nSPS) is 51.9. The molecule has 2 rings (SSSR count). The predicted octanol–water partition coefficient (Wildman–Crippen LogP) is -4.76. The Hall–Kier alpha value is -0.400. The first-order valence-electron chi connectivity index (χ1n) is 6.48. The zero-order chi connectivity index (χ0) is 15.7. The average molecular weight is 312 g/mol. The monoisotopic (exact) mass is 312 g/mol. The lowest BCUT2D eigenvalue weighted by Gasteiger charge is -2.40. The van der Waals surface area contributed by atoms with Crippen LogP contribution in [0.5, 0.6) is 0 Å². The number of hydrogen-bond acceptors (Lipinski definition) is 10. The van der Waals surface area contributed by atoms with Crippen molar-refractivity contribution in [1.82, 2.24) is 0 Å². The third kappa shape index (κ3) is 3.51. The maximum absolute atomic E-state index is 9.70. The molecular weight excluding hydrogens is 292 g/mol. The molecule has 2 heterocycles. The van der Waals surface area contributed by atoms with Crippen molar-refractivity contribution in [3.05, 3.63) is 0 Å². The molecule has 0 aliphatic carbocycles. The molecule has 0 aromatic carbocycles. The van der Waals surface area contributed by atoms with Crippen LogP contribution in [0.2, 0.25) is 0 Å². The lowest BCUT2D eigenvalue weighted by Crippen LogP contribution is -2.59. The first-order valence-corrected chi connectivity index (χ1v) is 6.48. The molecule has 10 nitrogen and oxygen atoms in total. The first kappa shape index (κ1) is 17.0. The molecule has 2 aliphatic heterocycles. The van der Waals surface area contributed by atoms with Crippen LogP contribution in [0.25, 0.3) is 0 Å². The highest BCUT2D eigenvalue weighted by Crippen LogP contribution is 2.22. The number of ether oxygens (including phenoxy) is 3. The van der Waals surface area contributed by atoms with Crippen molar-refractivity contribution in [3.8, 4) is 0 Å². The van der Waals surface area contributed by atoms with Gasteiger partial charge in [0.25, 0.3) is 0 Å². The van der Waals surface area contributed by atoms with Gasteiger partial charge >= 0.3 is 0 Å². The molecule has 0 radical (unpaired) electrons. The maximum Gasteiger partial charge on any atom is 0.186 e. The van der Waals surface area contributed by atoms with Crippen molar-refractivity contribution in [3.63, 3.8) is 0 Å². The molecule has 2 fully saturated rings. The molecule has 0 bridgehead atoms. The van der Waals surface area contributed by atoms with Crippen molar-refractivity contribution in [2.45, 2.75) is 55.3 Å². The lowest BCUT2D eigenvalue weighted by molar-refractivity contribution is -0.312. The van der Waals surface area contributed by atoms with E-state index in [-0.39, 0.29) is 13.2 Å². The van der Waals surface area contributed by atoms with E-state index in [4.69, 9.17) is 14.2 Å². The van der Waals surface area contributed by atoms with Gasteiger partial charge in [-0.1, -0.05) is 0 Å². The van der Waals surface area contributed by atoms with E-state index in [1.165, 1.54) is 0 Å². The molecule has 0 saturated carbocycles. The van der Waals surface area contributed by atoms with Gasteiger partial charge in [0, 0.05) is 0 Å². The second-order valence-corrected chi connectivity index (χ2v) is 5.12. The Morgan fingerprint density at radius 2 is 1.48 bits per heavy atom. The van der Waals surface area contributed by atoms with Gasteiger partial charge in [0.05, 0.1) is 13.2 Å². The Bertz CT molecular complexity index is 341. The number of aliphatic hydroxyl groups excluding tert-OH is 7. The largest absolute Gasteiger partial charge is 0.388 e. The van der Waals surface area contributed by atoms with Gasteiger partial charge in [0.2, 0.25) is 0 Å². The zero-order valence-electron chi connectivity index (χ0n) is 11.0. The van der Waals surface area contributed by atoms with Crippen LogP contribution in [-0.2, 0) is 14.2 Å². The summed E-state index contributed by atoms with van der Waals surface area (Å²) in [5.74, 6) is 0. The molecule has 2 saturated heterocycles. The maximum atomic E-state index is 9.70. The smallest absolute Gasteiger partial charge is 0.186 e. The van der Waals surface area contributed by atoms with Crippen LogP contribution >= 0.6 is 0 Å². The predicted molar refractivity (Wildman–Crippen MR) is 62.6 cm³/mol. The van der Waals surface area contributed by atoms with E-state index in [0.717, 1.165) is 0 Å². The Kier molecular flexibility index (Phi) is 5.48. The van der Waals surface area contributed by atoms with Crippen molar-refractivity contribution in [2.75, 3.05) is 13.2 Å². The van der Waals surface area contributed by atoms with Crippen LogP contribution in [0.4, 0.5) is 0 Å². The molecule has 0 spiro atoms. The third-order valence-corrected chi connectivity index (χ3v) is 3.57. The summed E-state index contributed by atoms with van der Waals surface area (Å²) in [6, 6.07) is 0. The summed E-state index contributed by atoms with van der Waals surface area (Å²) >= 11 is 0. The van der Waals surface area contributed by atoms with Gasteiger partial charge in [-0.25, -0.2) is 0 Å². The summed E-state index contributed by atoms with van der Waals surface area (Å²) in [5.41, 5.74) is 0. The van der Waals surface area contributed by atoms with Crippen molar-refractivity contribution < 1.29 is 50.0 Å². The Labute approximate surface area is 119 Å². The van der Waals surface area contributed by atoms with Crippen molar-refractivity contribution in [2.24, 2.45) is 0 Å². The second-order valence-electron chi connectivity index (χ2n) is 5.12.